The largest absolute Gasteiger partial charge is 0.454 e. The average molecular weight is 393 g/mol. The summed E-state index contributed by atoms with van der Waals surface area (Å²) in [4.78, 5) is 16.5. The molecular weight excluding hydrogens is 374 g/mol. The van der Waals surface area contributed by atoms with E-state index in [9.17, 15) is 4.79 Å². The van der Waals surface area contributed by atoms with Gasteiger partial charge in [0.25, 0.3) is 0 Å². The van der Waals surface area contributed by atoms with Crippen molar-refractivity contribution < 1.29 is 14.3 Å². The van der Waals surface area contributed by atoms with Gasteiger partial charge in [-0.3, -0.25) is 0 Å². The lowest BCUT2D eigenvalue weighted by molar-refractivity contribution is 0.174. The van der Waals surface area contributed by atoms with Gasteiger partial charge in [0.1, 0.15) is 0 Å². The van der Waals surface area contributed by atoms with Crippen molar-refractivity contribution in [3.8, 4) is 11.5 Å². The van der Waals surface area contributed by atoms with Crippen LogP contribution in [0.5, 0.6) is 11.5 Å². The molecule has 0 atom stereocenters. The number of carbonyl (C=O) groups is 1. The first-order valence-electron chi connectivity index (χ1n) is 8.82. The van der Waals surface area contributed by atoms with Gasteiger partial charge < -0.3 is 20.1 Å². The van der Waals surface area contributed by atoms with Gasteiger partial charge >= 0.3 is 6.03 Å². The van der Waals surface area contributed by atoms with Crippen LogP contribution in [-0.2, 0) is 12.3 Å². The number of rotatable bonds is 6. The molecule has 4 rings (SSSR count). The Morgan fingerprint density at radius 3 is 2.82 bits per heavy atom. The number of aromatic nitrogens is 1. The zero-order valence-electron chi connectivity index (χ0n) is 15.1. The van der Waals surface area contributed by atoms with Gasteiger partial charge in [-0.1, -0.05) is 24.3 Å². The highest BCUT2D eigenvalue weighted by molar-refractivity contribution is 7.98. The Bertz CT molecular complexity index is 966. The first kappa shape index (κ1) is 18.2. The lowest BCUT2D eigenvalue weighted by Crippen LogP contribution is -2.28. The van der Waals surface area contributed by atoms with Crippen LogP contribution in [0, 0.1) is 0 Å². The molecular formula is C21H19N3O3S. The number of hydrogen-bond donors (Lipinski definition) is 2. The maximum absolute atomic E-state index is 12.2. The van der Waals surface area contributed by atoms with Crippen molar-refractivity contribution in [3.05, 3.63) is 78.0 Å². The SMILES string of the molecule is O=C(NCc1ccc2c(c1)OCO2)Nc1cccc(CSc2ccccn2)c1. The number of carbonyl (C=O) groups excluding carboxylic acids is 1. The van der Waals surface area contributed by atoms with Crippen LogP contribution < -0.4 is 20.1 Å². The Balaban J connectivity index is 1.29. The molecule has 0 radical (unpaired) electrons. The average Bonchev–Trinajstić information content (AvgIpc) is 3.20. The Kier molecular flexibility index (Phi) is 5.63. The maximum atomic E-state index is 12.2. The number of thioether (sulfide) groups is 1. The minimum absolute atomic E-state index is 0.238. The molecule has 1 aromatic heterocycles. The Morgan fingerprint density at radius 2 is 1.93 bits per heavy atom. The van der Waals surface area contributed by atoms with Gasteiger partial charge in [0.2, 0.25) is 6.79 Å². The molecule has 0 aliphatic carbocycles. The van der Waals surface area contributed by atoms with Crippen LogP contribution in [-0.4, -0.2) is 17.8 Å². The standard InChI is InChI=1S/C21H19N3O3S/c25-21(23-12-15-7-8-18-19(11-15)27-14-26-18)24-17-5-3-4-16(10-17)13-28-20-6-1-2-9-22-20/h1-11H,12-14H2,(H2,23,24,25). The molecule has 6 nitrogen and oxygen atoms in total. The number of benzene rings is 2. The van der Waals surface area contributed by atoms with Crippen molar-refractivity contribution in [2.24, 2.45) is 0 Å². The molecule has 2 aromatic carbocycles. The maximum Gasteiger partial charge on any atom is 0.319 e. The molecule has 0 spiro atoms. The van der Waals surface area contributed by atoms with E-state index in [-0.39, 0.29) is 12.8 Å². The summed E-state index contributed by atoms with van der Waals surface area (Å²) < 4.78 is 10.6. The van der Waals surface area contributed by atoms with Crippen LogP contribution in [0.15, 0.2) is 71.9 Å². The molecule has 0 saturated carbocycles. The van der Waals surface area contributed by atoms with E-state index in [2.05, 4.69) is 15.6 Å². The number of nitrogens with zero attached hydrogens (tertiary/aromatic N) is 1. The monoisotopic (exact) mass is 393 g/mol. The molecule has 2 amide bonds. The zero-order valence-corrected chi connectivity index (χ0v) is 15.9. The van der Waals surface area contributed by atoms with E-state index >= 15 is 0 Å². The zero-order chi connectivity index (χ0) is 19.2. The van der Waals surface area contributed by atoms with Crippen molar-refractivity contribution >= 4 is 23.5 Å². The highest BCUT2D eigenvalue weighted by Crippen LogP contribution is 2.32. The summed E-state index contributed by atoms with van der Waals surface area (Å²) in [5.74, 6) is 2.22. The van der Waals surface area contributed by atoms with Crippen LogP contribution in [0.4, 0.5) is 10.5 Å². The number of fused-ring (bicyclic) bond motifs is 1. The van der Waals surface area contributed by atoms with Gasteiger partial charge in [-0.15, -0.1) is 11.8 Å². The highest BCUT2D eigenvalue weighted by atomic mass is 32.2. The lowest BCUT2D eigenvalue weighted by atomic mass is 10.2. The van der Waals surface area contributed by atoms with Crippen molar-refractivity contribution in [2.75, 3.05) is 12.1 Å². The number of anilines is 1. The quantitative estimate of drug-likeness (QED) is 0.607. The van der Waals surface area contributed by atoms with Gasteiger partial charge in [0, 0.05) is 24.2 Å². The smallest absolute Gasteiger partial charge is 0.319 e. The van der Waals surface area contributed by atoms with E-state index in [1.807, 2.05) is 60.7 Å². The summed E-state index contributed by atoms with van der Waals surface area (Å²) in [6.45, 7) is 0.638. The molecule has 0 fully saturated rings. The second-order valence-corrected chi connectivity index (χ2v) is 7.15. The Morgan fingerprint density at radius 1 is 1.00 bits per heavy atom. The minimum Gasteiger partial charge on any atom is -0.454 e. The third-order valence-electron chi connectivity index (χ3n) is 4.10. The van der Waals surface area contributed by atoms with Gasteiger partial charge in [-0.25, -0.2) is 9.78 Å². The summed E-state index contributed by atoms with van der Waals surface area (Å²) in [6.07, 6.45) is 1.78. The molecule has 7 heteroatoms. The Labute approximate surface area is 167 Å². The molecule has 1 aliphatic heterocycles. The van der Waals surface area contributed by atoms with Gasteiger partial charge in [0.15, 0.2) is 11.5 Å². The number of nitrogens with one attached hydrogen (secondary N) is 2. The second-order valence-electron chi connectivity index (χ2n) is 6.15. The van der Waals surface area contributed by atoms with Crippen molar-refractivity contribution in [3.63, 3.8) is 0 Å². The predicted molar refractivity (Wildman–Crippen MR) is 109 cm³/mol. The van der Waals surface area contributed by atoms with Gasteiger partial charge in [0.05, 0.1) is 5.03 Å². The first-order chi connectivity index (χ1) is 13.8. The van der Waals surface area contributed by atoms with Crippen molar-refractivity contribution in [1.29, 1.82) is 0 Å². The molecule has 3 aromatic rings. The summed E-state index contributed by atoms with van der Waals surface area (Å²) in [7, 11) is 0. The number of urea groups is 1. The van der Waals surface area contributed by atoms with E-state index in [1.165, 1.54) is 0 Å². The van der Waals surface area contributed by atoms with Crippen LogP contribution in [0.1, 0.15) is 11.1 Å². The van der Waals surface area contributed by atoms with Crippen LogP contribution >= 0.6 is 11.8 Å². The van der Waals surface area contributed by atoms with Gasteiger partial charge in [-0.2, -0.15) is 0 Å². The number of hydrogen-bond acceptors (Lipinski definition) is 5. The van der Waals surface area contributed by atoms with Crippen LogP contribution in [0.25, 0.3) is 0 Å². The summed E-state index contributed by atoms with van der Waals surface area (Å²) in [5.41, 5.74) is 2.81. The molecule has 2 heterocycles. The van der Waals surface area contributed by atoms with Crippen LogP contribution in [0.2, 0.25) is 0 Å². The second kappa shape index (κ2) is 8.67. The normalized spacial score (nSPS) is 11.9. The minimum atomic E-state index is -0.257. The first-order valence-corrected chi connectivity index (χ1v) is 9.81. The van der Waals surface area contributed by atoms with E-state index in [0.717, 1.165) is 33.3 Å². The topological polar surface area (TPSA) is 72.5 Å². The van der Waals surface area contributed by atoms with Crippen molar-refractivity contribution in [2.45, 2.75) is 17.3 Å². The van der Waals surface area contributed by atoms with Crippen molar-refractivity contribution in [1.82, 2.24) is 10.3 Å². The van der Waals surface area contributed by atoms with Gasteiger partial charge in [-0.05, 0) is 47.5 Å². The number of amides is 2. The molecule has 0 unspecified atom stereocenters. The van der Waals surface area contributed by atoms with E-state index in [4.69, 9.17) is 9.47 Å². The summed E-state index contributed by atoms with van der Waals surface area (Å²) in [6, 6.07) is 19.0. The molecule has 0 saturated heterocycles. The molecule has 0 bridgehead atoms. The molecule has 142 valence electrons. The fraction of sp³-hybridized carbons (Fsp3) is 0.143. The van der Waals surface area contributed by atoms with E-state index in [1.54, 1.807) is 18.0 Å². The molecule has 1 aliphatic rings. The molecule has 2 N–H and O–H groups in total. The fourth-order valence-electron chi connectivity index (χ4n) is 2.74. The lowest BCUT2D eigenvalue weighted by Gasteiger charge is -2.09. The summed E-state index contributed by atoms with van der Waals surface area (Å²) >= 11 is 1.66. The third kappa shape index (κ3) is 4.75. The predicted octanol–water partition coefficient (Wildman–Crippen LogP) is 4.42. The Hall–Kier alpha value is -3.19. The van der Waals surface area contributed by atoms with E-state index < -0.39 is 0 Å². The number of ether oxygens (including phenoxy) is 2. The highest BCUT2D eigenvalue weighted by Gasteiger charge is 2.13. The summed E-state index contributed by atoms with van der Waals surface area (Å²) in [5, 5.41) is 6.70. The third-order valence-corrected chi connectivity index (χ3v) is 5.11. The number of pyridine rings is 1. The fourth-order valence-corrected chi connectivity index (χ4v) is 3.54. The van der Waals surface area contributed by atoms with E-state index in [0.29, 0.717) is 12.3 Å². The van der Waals surface area contributed by atoms with Crippen LogP contribution in [0.3, 0.4) is 0 Å². The molecule has 28 heavy (non-hydrogen) atoms.